The molecule has 11 heteroatoms. The Morgan fingerprint density at radius 3 is 1.86 bits per heavy atom. The zero-order chi connectivity index (χ0) is 27.2. The third-order valence-electron chi connectivity index (χ3n) is 5.43. The number of fused-ring (bicyclic) bond motifs is 3. The van der Waals surface area contributed by atoms with Crippen LogP contribution < -0.4 is 16.8 Å². The van der Waals surface area contributed by atoms with Crippen LogP contribution in [0.3, 0.4) is 0 Å². The van der Waals surface area contributed by atoms with E-state index < -0.39 is 55.0 Å². The van der Waals surface area contributed by atoms with Crippen molar-refractivity contribution < 1.29 is 38.1 Å². The van der Waals surface area contributed by atoms with Crippen molar-refractivity contribution in [3.8, 4) is 11.1 Å². The van der Waals surface area contributed by atoms with Crippen LogP contribution in [0.5, 0.6) is 0 Å². The van der Waals surface area contributed by atoms with Crippen LogP contribution in [-0.2, 0) is 33.3 Å². The van der Waals surface area contributed by atoms with Crippen molar-refractivity contribution in [2.45, 2.75) is 38.0 Å². The Morgan fingerprint density at radius 1 is 0.811 bits per heavy atom. The van der Waals surface area contributed by atoms with E-state index in [4.69, 9.17) is 30.4 Å². The molecular weight excluding hydrogens is 482 g/mol. The summed E-state index contributed by atoms with van der Waals surface area (Å²) < 4.78 is 20.9. The van der Waals surface area contributed by atoms with Gasteiger partial charge < -0.3 is 30.4 Å². The fourth-order valence-corrected chi connectivity index (χ4v) is 3.88. The Labute approximate surface area is 214 Å². The van der Waals surface area contributed by atoms with E-state index in [1.54, 1.807) is 20.8 Å². The maximum atomic E-state index is 13.1. The Balaban J connectivity index is 1.85. The van der Waals surface area contributed by atoms with Crippen LogP contribution >= 0.6 is 0 Å². The number of nitrogens with two attached hydrogens (primary N) is 2. The SMILES string of the molecule is CC(C)(C)OC(=O)C(COC(=O)CN)(NC(=O)OCC1c2ccccc2-c2ccccc21)OC(=O)CN. The lowest BCUT2D eigenvalue weighted by Crippen LogP contribution is -2.63. The first-order valence-electron chi connectivity index (χ1n) is 11.6. The molecule has 0 aliphatic heterocycles. The highest BCUT2D eigenvalue weighted by atomic mass is 16.6. The molecule has 37 heavy (non-hydrogen) atoms. The number of hydrogen-bond donors (Lipinski definition) is 3. The van der Waals surface area contributed by atoms with Crippen molar-refractivity contribution in [2.24, 2.45) is 11.5 Å². The number of esters is 3. The predicted octanol–water partition coefficient (Wildman–Crippen LogP) is 1.57. The number of carbonyl (C=O) groups excluding carboxylic acids is 4. The van der Waals surface area contributed by atoms with Gasteiger partial charge in [-0.05, 0) is 43.0 Å². The van der Waals surface area contributed by atoms with Gasteiger partial charge in [0.1, 0.15) is 12.2 Å². The molecule has 0 heterocycles. The smallest absolute Gasteiger partial charge is 0.410 e. The first kappa shape index (κ1) is 27.6. The first-order chi connectivity index (χ1) is 17.5. The van der Waals surface area contributed by atoms with E-state index in [0.29, 0.717) is 0 Å². The minimum atomic E-state index is -2.56. The summed E-state index contributed by atoms with van der Waals surface area (Å²) >= 11 is 0. The molecule has 198 valence electrons. The second kappa shape index (κ2) is 11.4. The quantitative estimate of drug-likeness (QED) is 0.254. The summed E-state index contributed by atoms with van der Waals surface area (Å²) in [5.41, 5.74) is 11.0. The van der Waals surface area contributed by atoms with Crippen molar-refractivity contribution in [3.05, 3.63) is 59.7 Å². The first-order valence-corrected chi connectivity index (χ1v) is 11.6. The maximum Gasteiger partial charge on any atom is 0.410 e. The van der Waals surface area contributed by atoms with Crippen LogP contribution in [0.15, 0.2) is 48.5 Å². The van der Waals surface area contributed by atoms with Crippen LogP contribution in [0.4, 0.5) is 4.79 Å². The van der Waals surface area contributed by atoms with Gasteiger partial charge >= 0.3 is 29.7 Å². The molecule has 0 saturated heterocycles. The molecule has 5 N–H and O–H groups in total. The monoisotopic (exact) mass is 513 g/mol. The zero-order valence-corrected chi connectivity index (χ0v) is 20.9. The summed E-state index contributed by atoms with van der Waals surface area (Å²) in [5.74, 6) is -3.43. The zero-order valence-electron chi connectivity index (χ0n) is 20.9. The van der Waals surface area contributed by atoms with Gasteiger partial charge in [0.05, 0.1) is 13.1 Å². The van der Waals surface area contributed by atoms with Crippen LogP contribution in [-0.4, -0.2) is 61.6 Å². The number of carbonyl (C=O) groups is 4. The molecule has 0 spiro atoms. The molecule has 1 amide bonds. The highest BCUT2D eigenvalue weighted by molar-refractivity contribution is 5.88. The van der Waals surface area contributed by atoms with Gasteiger partial charge in [0.25, 0.3) is 0 Å². The maximum absolute atomic E-state index is 13.1. The third kappa shape index (κ3) is 6.63. The highest BCUT2D eigenvalue weighted by Crippen LogP contribution is 2.44. The standard InChI is InChI=1S/C26H31N3O8/c1-25(2,3)37-23(32)26(36-22(31)13-28,15-35-21(30)12-27)29-24(33)34-14-20-18-10-6-4-8-16(18)17-9-5-7-11-19(17)20/h4-11,20H,12-15,27-28H2,1-3H3,(H,29,33). The molecule has 2 aromatic rings. The molecule has 0 bridgehead atoms. The van der Waals surface area contributed by atoms with E-state index in [1.807, 2.05) is 48.5 Å². The average molecular weight is 514 g/mol. The van der Waals surface area contributed by atoms with Gasteiger partial charge in [-0.2, -0.15) is 0 Å². The molecular formula is C26H31N3O8. The molecule has 1 unspecified atom stereocenters. The minimum absolute atomic E-state index is 0.0856. The lowest BCUT2D eigenvalue weighted by Gasteiger charge is -2.33. The molecule has 1 aliphatic carbocycles. The Morgan fingerprint density at radius 2 is 1.35 bits per heavy atom. The second-order valence-corrected chi connectivity index (χ2v) is 9.32. The Hall–Kier alpha value is -3.96. The Kier molecular flexibility index (Phi) is 8.51. The number of benzene rings is 2. The van der Waals surface area contributed by atoms with Gasteiger partial charge in [-0.15, -0.1) is 0 Å². The van der Waals surface area contributed by atoms with Crippen LogP contribution in [0, 0.1) is 0 Å². The summed E-state index contributed by atoms with van der Waals surface area (Å²) in [6, 6.07) is 15.5. The van der Waals surface area contributed by atoms with Crippen molar-refractivity contribution in [3.63, 3.8) is 0 Å². The summed E-state index contributed by atoms with van der Waals surface area (Å²) in [7, 11) is 0. The predicted molar refractivity (Wildman–Crippen MR) is 132 cm³/mol. The number of alkyl carbamates (subject to hydrolysis) is 1. The number of nitrogens with one attached hydrogen (secondary N) is 1. The average Bonchev–Trinajstić information content (AvgIpc) is 3.18. The van der Waals surface area contributed by atoms with Crippen molar-refractivity contribution in [1.29, 1.82) is 0 Å². The normalized spacial score (nSPS) is 14.0. The fraction of sp³-hybridized carbons (Fsp3) is 0.385. The molecule has 2 aromatic carbocycles. The number of rotatable bonds is 9. The molecule has 3 rings (SSSR count). The highest BCUT2D eigenvalue weighted by Gasteiger charge is 2.49. The summed E-state index contributed by atoms with van der Waals surface area (Å²) in [6.45, 7) is 2.58. The van der Waals surface area contributed by atoms with Gasteiger partial charge in [0, 0.05) is 5.92 Å². The largest absolute Gasteiger partial charge is 0.458 e. The van der Waals surface area contributed by atoms with Crippen molar-refractivity contribution in [2.75, 3.05) is 26.3 Å². The van der Waals surface area contributed by atoms with Crippen molar-refractivity contribution in [1.82, 2.24) is 5.32 Å². The van der Waals surface area contributed by atoms with Gasteiger partial charge in [0.2, 0.25) is 0 Å². The van der Waals surface area contributed by atoms with E-state index in [2.05, 4.69) is 5.32 Å². The summed E-state index contributed by atoms with van der Waals surface area (Å²) in [4.78, 5) is 49.9. The summed E-state index contributed by atoms with van der Waals surface area (Å²) in [5, 5.41) is 2.22. The molecule has 0 aromatic heterocycles. The summed E-state index contributed by atoms with van der Waals surface area (Å²) in [6.07, 6.45) is -1.11. The third-order valence-corrected chi connectivity index (χ3v) is 5.43. The topological polar surface area (TPSA) is 169 Å². The number of hydrogen-bond acceptors (Lipinski definition) is 10. The molecule has 0 radical (unpaired) electrons. The van der Waals surface area contributed by atoms with Crippen LogP contribution in [0.25, 0.3) is 11.1 Å². The van der Waals surface area contributed by atoms with E-state index in [1.165, 1.54) is 0 Å². The van der Waals surface area contributed by atoms with Gasteiger partial charge in [0.15, 0.2) is 6.61 Å². The molecule has 1 aliphatic rings. The molecule has 0 saturated carbocycles. The minimum Gasteiger partial charge on any atom is -0.458 e. The van der Waals surface area contributed by atoms with E-state index >= 15 is 0 Å². The second-order valence-electron chi connectivity index (χ2n) is 9.32. The van der Waals surface area contributed by atoms with E-state index in [0.717, 1.165) is 22.3 Å². The van der Waals surface area contributed by atoms with E-state index in [9.17, 15) is 19.2 Å². The van der Waals surface area contributed by atoms with E-state index in [-0.39, 0.29) is 12.5 Å². The van der Waals surface area contributed by atoms with Gasteiger partial charge in [-0.25, -0.2) is 9.59 Å². The van der Waals surface area contributed by atoms with Crippen LogP contribution in [0.1, 0.15) is 37.8 Å². The number of amides is 1. The van der Waals surface area contributed by atoms with Gasteiger partial charge in [-0.3, -0.25) is 14.9 Å². The van der Waals surface area contributed by atoms with Crippen LogP contribution in [0.2, 0.25) is 0 Å². The molecule has 1 atom stereocenters. The Bertz CT molecular complexity index is 1130. The molecule has 11 nitrogen and oxygen atoms in total. The lowest BCUT2D eigenvalue weighted by molar-refractivity contribution is -0.202. The van der Waals surface area contributed by atoms with Gasteiger partial charge in [-0.1, -0.05) is 48.5 Å². The molecule has 0 fully saturated rings. The fourth-order valence-electron chi connectivity index (χ4n) is 3.88. The lowest BCUT2D eigenvalue weighted by atomic mass is 9.98. The number of ether oxygens (including phenoxy) is 4. The van der Waals surface area contributed by atoms with Crippen molar-refractivity contribution >= 4 is 24.0 Å².